The van der Waals surface area contributed by atoms with E-state index in [2.05, 4.69) is 21.4 Å². The van der Waals surface area contributed by atoms with Gasteiger partial charge in [-0.1, -0.05) is 26.0 Å². The van der Waals surface area contributed by atoms with Crippen LogP contribution in [0.1, 0.15) is 36.4 Å². The highest BCUT2D eigenvalue weighted by atomic mass is 32.1. The van der Waals surface area contributed by atoms with Crippen molar-refractivity contribution in [2.75, 3.05) is 0 Å². The quantitative estimate of drug-likeness (QED) is 0.421. The fraction of sp³-hybridized carbons (Fsp3) is 0.280. The number of aryl methyl sites for hydroxylation is 2. The fourth-order valence-electron chi connectivity index (χ4n) is 3.52. The van der Waals surface area contributed by atoms with Crippen molar-refractivity contribution in [2.24, 2.45) is 5.92 Å². The SMILES string of the molecule is Cc1cc(-c2nccs2)c2cccc(OCc3c(C)ccnc3CNC(=O)C(C)C)c2n1. The molecule has 1 aromatic carbocycles. The van der Waals surface area contributed by atoms with Crippen molar-refractivity contribution in [3.63, 3.8) is 0 Å². The monoisotopic (exact) mass is 446 g/mol. The third-order valence-electron chi connectivity index (χ3n) is 5.30. The standard InChI is InChI=1S/C25H26N4O2S/c1-15(2)24(30)28-13-21-20(16(3)8-9-26-21)14-31-22-7-5-6-18-19(25-27-10-11-32-25)12-17(4)29-23(18)22/h5-12,15H,13-14H2,1-4H3,(H,28,30). The molecule has 0 saturated heterocycles. The first-order valence-electron chi connectivity index (χ1n) is 10.6. The number of rotatable bonds is 7. The largest absolute Gasteiger partial charge is 0.487 e. The van der Waals surface area contributed by atoms with Crippen LogP contribution in [0.5, 0.6) is 5.75 Å². The van der Waals surface area contributed by atoms with Gasteiger partial charge in [-0.15, -0.1) is 11.3 Å². The zero-order valence-electron chi connectivity index (χ0n) is 18.7. The highest BCUT2D eigenvalue weighted by molar-refractivity contribution is 7.13. The number of hydrogen-bond acceptors (Lipinski definition) is 6. The molecule has 0 spiro atoms. The molecule has 0 saturated carbocycles. The number of thiazole rings is 1. The number of fused-ring (bicyclic) bond motifs is 1. The molecule has 1 N–H and O–H groups in total. The molecule has 0 aliphatic heterocycles. The van der Waals surface area contributed by atoms with Crippen molar-refractivity contribution >= 4 is 28.1 Å². The normalized spacial score (nSPS) is 11.2. The van der Waals surface area contributed by atoms with Gasteiger partial charge in [0.25, 0.3) is 0 Å². The summed E-state index contributed by atoms with van der Waals surface area (Å²) in [6.07, 6.45) is 3.57. The minimum atomic E-state index is -0.0727. The maximum Gasteiger partial charge on any atom is 0.222 e. The van der Waals surface area contributed by atoms with E-state index >= 15 is 0 Å². The van der Waals surface area contributed by atoms with Gasteiger partial charge in [-0.3, -0.25) is 9.78 Å². The predicted molar refractivity (Wildman–Crippen MR) is 128 cm³/mol. The molecule has 0 bridgehead atoms. The first-order valence-corrected chi connectivity index (χ1v) is 11.5. The first-order chi connectivity index (χ1) is 15.4. The molecule has 6 nitrogen and oxygen atoms in total. The van der Waals surface area contributed by atoms with Gasteiger partial charge in [0.15, 0.2) is 0 Å². The van der Waals surface area contributed by atoms with Crippen LogP contribution in [0.2, 0.25) is 0 Å². The molecule has 7 heteroatoms. The Morgan fingerprint density at radius 3 is 2.75 bits per heavy atom. The summed E-state index contributed by atoms with van der Waals surface area (Å²) >= 11 is 1.61. The molecular weight excluding hydrogens is 420 g/mol. The second kappa shape index (κ2) is 9.44. The Morgan fingerprint density at radius 1 is 1.16 bits per heavy atom. The van der Waals surface area contributed by atoms with E-state index in [-0.39, 0.29) is 11.8 Å². The third kappa shape index (κ3) is 4.62. The van der Waals surface area contributed by atoms with Crippen molar-refractivity contribution in [2.45, 2.75) is 40.8 Å². The molecule has 0 aliphatic carbocycles. The lowest BCUT2D eigenvalue weighted by atomic mass is 10.1. The van der Waals surface area contributed by atoms with Gasteiger partial charge in [0, 0.05) is 45.9 Å². The van der Waals surface area contributed by atoms with E-state index in [0.29, 0.717) is 18.9 Å². The lowest BCUT2D eigenvalue weighted by Crippen LogP contribution is -2.28. The average Bonchev–Trinajstić information content (AvgIpc) is 3.31. The Morgan fingerprint density at radius 2 is 2.00 bits per heavy atom. The first kappa shape index (κ1) is 21.9. The van der Waals surface area contributed by atoms with E-state index in [1.54, 1.807) is 17.5 Å². The number of benzene rings is 1. The number of nitrogens with zero attached hydrogens (tertiary/aromatic N) is 3. The van der Waals surface area contributed by atoms with Gasteiger partial charge < -0.3 is 10.1 Å². The van der Waals surface area contributed by atoms with Crippen LogP contribution in [-0.4, -0.2) is 20.9 Å². The smallest absolute Gasteiger partial charge is 0.222 e. The molecule has 1 amide bonds. The summed E-state index contributed by atoms with van der Waals surface area (Å²) in [5.74, 6) is 0.643. The molecule has 3 aromatic heterocycles. The molecule has 32 heavy (non-hydrogen) atoms. The van der Waals surface area contributed by atoms with Crippen molar-refractivity contribution in [1.82, 2.24) is 20.3 Å². The zero-order valence-corrected chi connectivity index (χ0v) is 19.5. The minimum Gasteiger partial charge on any atom is -0.487 e. The Hall–Kier alpha value is -3.32. The van der Waals surface area contributed by atoms with E-state index in [1.807, 2.05) is 63.5 Å². The number of carbonyl (C=O) groups is 1. The van der Waals surface area contributed by atoms with Crippen molar-refractivity contribution < 1.29 is 9.53 Å². The Kier molecular flexibility index (Phi) is 6.46. The average molecular weight is 447 g/mol. The highest BCUT2D eigenvalue weighted by Gasteiger charge is 2.15. The van der Waals surface area contributed by atoms with Crippen molar-refractivity contribution in [3.8, 4) is 16.3 Å². The minimum absolute atomic E-state index is 0.00335. The summed E-state index contributed by atoms with van der Waals surface area (Å²) in [5.41, 5.74) is 5.64. The Bertz CT molecular complexity index is 1250. The van der Waals surface area contributed by atoms with E-state index in [1.165, 1.54) is 0 Å². The van der Waals surface area contributed by atoms with Crippen LogP contribution in [0.4, 0.5) is 0 Å². The maximum absolute atomic E-state index is 12.0. The molecule has 3 heterocycles. The summed E-state index contributed by atoms with van der Waals surface area (Å²) in [7, 11) is 0. The molecule has 0 radical (unpaired) electrons. The van der Waals surface area contributed by atoms with Crippen LogP contribution in [0, 0.1) is 19.8 Å². The summed E-state index contributed by atoms with van der Waals surface area (Å²) in [6, 6.07) is 9.98. The third-order valence-corrected chi connectivity index (χ3v) is 6.11. The number of aromatic nitrogens is 3. The summed E-state index contributed by atoms with van der Waals surface area (Å²) in [4.78, 5) is 25.7. The number of amides is 1. The predicted octanol–water partition coefficient (Wildman–Crippen LogP) is 5.22. The second-order valence-corrected chi connectivity index (χ2v) is 8.91. The number of pyridine rings is 2. The number of ether oxygens (including phenoxy) is 1. The molecule has 164 valence electrons. The Labute approximate surface area is 191 Å². The number of hydrogen-bond donors (Lipinski definition) is 1. The maximum atomic E-state index is 12.0. The van der Waals surface area contributed by atoms with Crippen LogP contribution < -0.4 is 10.1 Å². The van der Waals surface area contributed by atoms with Gasteiger partial charge in [-0.25, -0.2) is 9.97 Å². The van der Waals surface area contributed by atoms with E-state index in [4.69, 9.17) is 9.72 Å². The lowest BCUT2D eigenvalue weighted by molar-refractivity contribution is -0.124. The fourth-order valence-corrected chi connectivity index (χ4v) is 4.19. The number of nitrogens with one attached hydrogen (secondary N) is 1. The van der Waals surface area contributed by atoms with Gasteiger partial charge in [-0.2, -0.15) is 0 Å². The Balaban J connectivity index is 1.64. The number of carbonyl (C=O) groups excluding carboxylic acids is 1. The van der Waals surface area contributed by atoms with Crippen LogP contribution in [0.15, 0.2) is 48.1 Å². The van der Waals surface area contributed by atoms with E-state index in [9.17, 15) is 4.79 Å². The summed E-state index contributed by atoms with van der Waals surface area (Å²) < 4.78 is 6.28. The van der Waals surface area contributed by atoms with E-state index < -0.39 is 0 Å². The summed E-state index contributed by atoms with van der Waals surface area (Å²) in [6.45, 7) is 8.47. The second-order valence-electron chi connectivity index (χ2n) is 8.02. The van der Waals surface area contributed by atoms with Crippen LogP contribution in [0.25, 0.3) is 21.5 Å². The molecular formula is C25H26N4O2S. The molecule has 0 fully saturated rings. The van der Waals surface area contributed by atoms with Gasteiger partial charge in [0.1, 0.15) is 22.9 Å². The molecule has 4 rings (SSSR count). The molecule has 0 aliphatic rings. The van der Waals surface area contributed by atoms with Gasteiger partial charge in [0.05, 0.1) is 12.2 Å². The van der Waals surface area contributed by atoms with Gasteiger partial charge >= 0.3 is 0 Å². The lowest BCUT2D eigenvalue weighted by Gasteiger charge is -2.16. The van der Waals surface area contributed by atoms with Crippen molar-refractivity contribution in [3.05, 3.63) is 70.6 Å². The molecule has 4 aromatic rings. The highest BCUT2D eigenvalue weighted by Crippen LogP contribution is 2.34. The van der Waals surface area contributed by atoms with Crippen LogP contribution in [0.3, 0.4) is 0 Å². The number of para-hydroxylation sites is 1. The van der Waals surface area contributed by atoms with Gasteiger partial charge in [-0.05, 0) is 37.6 Å². The van der Waals surface area contributed by atoms with Crippen LogP contribution >= 0.6 is 11.3 Å². The van der Waals surface area contributed by atoms with E-state index in [0.717, 1.165) is 44.0 Å². The molecule has 0 atom stereocenters. The topological polar surface area (TPSA) is 77.0 Å². The molecule has 0 unspecified atom stereocenters. The summed E-state index contributed by atoms with van der Waals surface area (Å²) in [5, 5.41) is 6.90. The van der Waals surface area contributed by atoms with Gasteiger partial charge in [0.2, 0.25) is 5.91 Å². The van der Waals surface area contributed by atoms with Crippen LogP contribution in [-0.2, 0) is 17.9 Å². The zero-order chi connectivity index (χ0) is 22.7. The van der Waals surface area contributed by atoms with Crippen molar-refractivity contribution in [1.29, 1.82) is 0 Å².